The number of hydrogen-bond acceptors (Lipinski definition) is 11. The van der Waals surface area contributed by atoms with Crippen molar-refractivity contribution in [3.63, 3.8) is 0 Å². The number of anilines is 1. The molecule has 4 aliphatic rings. The average molecular weight is 984 g/mol. The van der Waals surface area contributed by atoms with Gasteiger partial charge in [-0.1, -0.05) is 43.2 Å². The fourth-order valence-corrected chi connectivity index (χ4v) is 14.3. The van der Waals surface area contributed by atoms with Crippen LogP contribution in [0.1, 0.15) is 68.3 Å². The van der Waals surface area contributed by atoms with E-state index in [9.17, 15) is 23.3 Å². The summed E-state index contributed by atoms with van der Waals surface area (Å²) in [7, 11) is -4.53. The maximum Gasteiger partial charge on any atom is 0.0406 e. The van der Waals surface area contributed by atoms with Crippen molar-refractivity contribution >= 4 is 75.6 Å². The van der Waals surface area contributed by atoms with Gasteiger partial charge in [0.15, 0.2) is 0 Å². The number of aromatic amines is 1. The smallest absolute Gasteiger partial charge is 0.0406 e. The quantitative estimate of drug-likeness (QED) is 0.0681. The predicted octanol–water partition coefficient (Wildman–Crippen LogP) is 7.56. The minimum absolute atomic E-state index is 0.0131. The largest absolute Gasteiger partial charge is 0.0843 e. The van der Waals surface area contributed by atoms with Gasteiger partial charge in [-0.05, 0) is 54.0 Å². The number of H-pyrrole nitrogens is 1. The van der Waals surface area contributed by atoms with Gasteiger partial charge in [0.2, 0.25) is 0 Å². The summed E-state index contributed by atoms with van der Waals surface area (Å²) in [6.07, 6.45) is 9.54. The number of halogens is 1. The van der Waals surface area contributed by atoms with Crippen LogP contribution in [-0.4, -0.2) is 120 Å². The van der Waals surface area contributed by atoms with Crippen LogP contribution >= 0.6 is 11.6 Å². The van der Waals surface area contributed by atoms with Crippen molar-refractivity contribution in [2.45, 2.75) is 68.0 Å². The van der Waals surface area contributed by atoms with E-state index in [1.165, 1.54) is 22.8 Å². The van der Waals surface area contributed by atoms with Crippen molar-refractivity contribution in [1.29, 1.82) is 0 Å². The minimum Gasteiger partial charge on any atom is -0.0843 e. The first-order valence-electron chi connectivity index (χ1n) is 22.4. The maximum absolute atomic E-state index is 14.0. The van der Waals surface area contributed by atoms with Gasteiger partial charge in [-0.2, -0.15) is 0 Å². The zero-order valence-corrected chi connectivity index (χ0v) is 40.4. The molecule has 17 heteroatoms. The van der Waals surface area contributed by atoms with E-state index >= 15 is 0 Å². The van der Waals surface area contributed by atoms with E-state index in [4.69, 9.17) is 21.1 Å². The molecule has 3 fully saturated rings. The van der Waals surface area contributed by atoms with Crippen molar-refractivity contribution in [2.75, 3.05) is 63.9 Å². The zero-order valence-electron chi connectivity index (χ0n) is 36.7. The van der Waals surface area contributed by atoms with Crippen LogP contribution < -0.4 is 18.7 Å². The molecule has 2 saturated heterocycles. The molecule has 3 atom stereocenters. The number of nitro groups is 1. The Bertz CT molecular complexity index is 2720. The first kappa shape index (κ1) is 45.4. The summed E-state index contributed by atoms with van der Waals surface area (Å²) in [5.74, 6) is -0.409. The third-order valence-electron chi connectivity index (χ3n) is 13.4. The van der Waals surface area contributed by atoms with Crippen LogP contribution in [0, 0.1) is 15.5 Å². The number of ether oxygens (including phenoxy) is 2. The van der Waals surface area contributed by atoms with Crippen LogP contribution in [0.4, 0.5) is 11.4 Å². The number of sulfonamides is 1. The van der Waals surface area contributed by atoms with Gasteiger partial charge in [0.25, 0.3) is 0 Å². The fourth-order valence-electron chi connectivity index (χ4n) is 9.75. The molecule has 9 rings (SSSR count). The number of morpholine rings is 1. The number of nitrogens with one attached hydrogen (secondary N) is 2. The second-order valence-electron chi connectivity index (χ2n) is 18.4. The number of carbonyl (C=O) groups excluding carboxylic acids is 1. The first-order valence-corrected chi connectivity index (χ1v) is 26.5. The molecule has 1 amide bonds. The third-order valence-corrected chi connectivity index (χ3v) is 18.4. The number of nitrogens with zero attached hydrogens (tertiary/aromatic N) is 5. The van der Waals surface area contributed by atoms with Gasteiger partial charge >= 0.3 is 227 Å². The number of carbonyl (C=O) groups is 1. The molecule has 2 aromatic heterocycles. The molecule has 1 unspecified atom stereocenters. The Morgan fingerprint density at radius 3 is 2.57 bits per heavy atom. The fraction of sp³-hybridized carbons (Fsp3) is 0.417. The monoisotopic (exact) mass is 983 g/mol. The molecule has 4 heterocycles. The summed E-state index contributed by atoms with van der Waals surface area (Å²) in [6, 6.07) is 21.5. The van der Waals surface area contributed by atoms with Crippen LogP contribution in [-0.2, 0) is 14.8 Å². The number of rotatable bonds is 13. The van der Waals surface area contributed by atoms with E-state index in [2.05, 4.69) is 55.4 Å². The van der Waals surface area contributed by atoms with Gasteiger partial charge in [0.1, 0.15) is 5.65 Å². The summed E-state index contributed by atoms with van der Waals surface area (Å²) < 4.78 is 42.7. The normalized spacial score (nSPS) is 21.1. The Labute approximate surface area is 391 Å². The number of pyridine rings is 1. The summed E-state index contributed by atoms with van der Waals surface area (Å²) >= 11 is 5.31. The van der Waals surface area contributed by atoms with E-state index in [0.29, 0.717) is 26.5 Å². The number of aromatic nitrogens is 2. The molecule has 65 heavy (non-hydrogen) atoms. The van der Waals surface area contributed by atoms with Crippen LogP contribution in [0.25, 0.3) is 16.6 Å². The Hall–Kier alpha value is -4.76. The number of allylic oxidation sites excluding steroid dienone is 1. The van der Waals surface area contributed by atoms with Gasteiger partial charge in [0.05, 0.1) is 0 Å². The number of nitro benzene ring substituents is 1. The van der Waals surface area contributed by atoms with Crippen molar-refractivity contribution < 1.29 is 27.6 Å². The van der Waals surface area contributed by atoms with E-state index in [1.807, 2.05) is 18.2 Å². The van der Waals surface area contributed by atoms with Crippen molar-refractivity contribution in [1.82, 2.24) is 24.5 Å². The molecule has 5 aromatic rings. The molecule has 0 spiro atoms. The standard InChI is InChI=1S/C48H55AsClN7O7S/c1-48(2)15-13-34(42(29-48)32-3-6-36(50)7-4-32)31-54-17-19-55(20-18-54)38-9-11-41(45(27-38)64-39-25-33-14-16-51-46(33)52-30-39)47(58)53-65(61,62)40-10-12-43(44(28-40)57(59)60)49-35-5-8-37(26-35)56-21-23-63-24-22-56/h3-4,6-7,9-12,14,16,25,27-28,30,35,37,49H,5,8,13,15,17-24,26,29,31H2,1-2H3,(H,51,52)(H,53,58)/t35-,37+/m0/s1. The summed E-state index contributed by atoms with van der Waals surface area (Å²) in [5.41, 5.74) is 5.61. The molecular formula is C48H55AsClN7O7S. The summed E-state index contributed by atoms with van der Waals surface area (Å²) in [6.45, 7) is 11.9. The van der Waals surface area contributed by atoms with Crippen LogP contribution in [0.2, 0.25) is 9.73 Å². The van der Waals surface area contributed by atoms with Crippen LogP contribution in [0.15, 0.2) is 95.7 Å². The molecule has 14 nitrogen and oxygen atoms in total. The van der Waals surface area contributed by atoms with Crippen molar-refractivity contribution in [3.8, 4) is 11.5 Å². The number of benzene rings is 3. The number of piperazine rings is 1. The minimum atomic E-state index is -4.53. The number of hydrogen-bond donors (Lipinski definition) is 2. The Morgan fingerprint density at radius 2 is 1.80 bits per heavy atom. The zero-order chi connectivity index (χ0) is 45.3. The van der Waals surface area contributed by atoms with Crippen molar-refractivity contribution in [3.05, 3.63) is 117 Å². The predicted molar refractivity (Wildman–Crippen MR) is 256 cm³/mol. The third kappa shape index (κ3) is 10.6. The molecule has 0 radical (unpaired) electrons. The molecule has 0 bridgehead atoms. The summed E-state index contributed by atoms with van der Waals surface area (Å²) in [5, 5.41) is 13.9. The van der Waals surface area contributed by atoms with Gasteiger partial charge in [-0.25, -0.2) is 4.98 Å². The Kier molecular flexibility index (Phi) is 13.4. The molecule has 2 aliphatic heterocycles. The second kappa shape index (κ2) is 19.2. The van der Waals surface area contributed by atoms with E-state index in [-0.39, 0.29) is 27.3 Å². The average Bonchev–Trinajstić information content (AvgIpc) is 3.97. The van der Waals surface area contributed by atoms with Gasteiger partial charge in [-0.3, -0.25) is 4.90 Å². The molecule has 342 valence electrons. The van der Waals surface area contributed by atoms with E-state index in [0.717, 1.165) is 120 Å². The first-order chi connectivity index (χ1) is 31.3. The molecule has 2 N–H and O–H groups in total. The molecule has 1 saturated carbocycles. The second-order valence-corrected chi connectivity index (χ2v) is 24.0. The number of fused-ring (bicyclic) bond motifs is 1. The van der Waals surface area contributed by atoms with Crippen LogP contribution in [0.5, 0.6) is 11.5 Å². The molecular weight excluding hydrogens is 929 g/mol. The summed E-state index contributed by atoms with van der Waals surface area (Å²) in [4.78, 5) is 40.2. The van der Waals surface area contributed by atoms with E-state index < -0.39 is 36.6 Å². The number of amides is 1. The SMILES string of the molecule is CC1(C)CCC(CN2CCN(c3ccc(C(=O)NS(=O)(=O)c4ccc([AsH][C@H]5CC[C@@H](N6CCOCC6)C5)c([N+](=O)[O-])c4)c(Oc4cnc5[nH]ccc5c4)c3)CC2)=C(c2ccc(Cl)cc2)C1. The van der Waals surface area contributed by atoms with Crippen molar-refractivity contribution in [2.24, 2.45) is 5.41 Å². The van der Waals surface area contributed by atoms with E-state index in [1.54, 1.807) is 42.7 Å². The van der Waals surface area contributed by atoms with Gasteiger partial charge in [-0.15, -0.1) is 0 Å². The Balaban J connectivity index is 0.915. The molecule has 3 aromatic carbocycles. The van der Waals surface area contributed by atoms with Gasteiger partial charge in [0, 0.05) is 49.3 Å². The van der Waals surface area contributed by atoms with Gasteiger partial charge < -0.3 is 4.98 Å². The Morgan fingerprint density at radius 1 is 1.02 bits per heavy atom. The van der Waals surface area contributed by atoms with Crippen LogP contribution in [0.3, 0.4) is 0 Å². The topological polar surface area (TPSA) is 163 Å². The molecule has 2 aliphatic carbocycles. The maximum atomic E-state index is 14.0.